The number of nitrogens with one attached hydrogen (secondary N) is 2. The SMILES string of the molecule is CCOc1ccc(NC(=O)[C@@H]2[C@@H]3CCC4(O3)C(C(=O)NC(C)(C)C)N([C@H](C)CO)C(=O)[C@H]24)cc1. The average molecular weight is 474 g/mol. The van der Waals surface area contributed by atoms with Crippen LogP contribution in [0.4, 0.5) is 5.69 Å². The number of benzene rings is 1. The number of carbonyl (C=O) groups excluding carboxylic acids is 3. The van der Waals surface area contributed by atoms with E-state index < -0.39 is 41.2 Å². The number of hydrogen-bond donors (Lipinski definition) is 3. The van der Waals surface area contributed by atoms with Crippen molar-refractivity contribution in [2.45, 2.75) is 76.8 Å². The van der Waals surface area contributed by atoms with Crippen LogP contribution in [-0.4, -0.2) is 70.3 Å². The van der Waals surface area contributed by atoms with E-state index in [2.05, 4.69) is 10.6 Å². The zero-order chi connectivity index (χ0) is 24.8. The van der Waals surface area contributed by atoms with Gasteiger partial charge in [0.2, 0.25) is 17.7 Å². The lowest BCUT2D eigenvalue weighted by molar-refractivity contribution is -0.145. The summed E-state index contributed by atoms with van der Waals surface area (Å²) in [5.74, 6) is -1.73. The molecule has 0 aromatic heterocycles. The fourth-order valence-corrected chi connectivity index (χ4v) is 5.72. The second kappa shape index (κ2) is 8.85. The molecule has 9 heteroatoms. The predicted octanol–water partition coefficient (Wildman–Crippen LogP) is 1.69. The van der Waals surface area contributed by atoms with Crippen LogP contribution in [-0.2, 0) is 19.1 Å². The van der Waals surface area contributed by atoms with Crippen molar-refractivity contribution < 1.29 is 29.0 Å². The fourth-order valence-electron chi connectivity index (χ4n) is 5.72. The molecule has 3 aliphatic heterocycles. The van der Waals surface area contributed by atoms with Crippen LogP contribution in [0.3, 0.4) is 0 Å². The second-order valence-corrected chi connectivity index (χ2v) is 10.5. The number of nitrogens with zero attached hydrogens (tertiary/aromatic N) is 1. The van der Waals surface area contributed by atoms with E-state index in [0.717, 1.165) is 0 Å². The molecule has 0 radical (unpaired) electrons. The van der Waals surface area contributed by atoms with Crippen LogP contribution in [0.15, 0.2) is 24.3 Å². The van der Waals surface area contributed by atoms with Gasteiger partial charge in [0, 0.05) is 11.2 Å². The van der Waals surface area contributed by atoms with E-state index in [0.29, 0.717) is 30.9 Å². The van der Waals surface area contributed by atoms with Crippen LogP contribution in [0, 0.1) is 11.8 Å². The first kappa shape index (κ1) is 24.5. The van der Waals surface area contributed by atoms with Crippen molar-refractivity contribution in [2.24, 2.45) is 11.8 Å². The Morgan fingerprint density at radius 3 is 2.53 bits per heavy atom. The van der Waals surface area contributed by atoms with Crippen molar-refractivity contribution in [2.75, 3.05) is 18.5 Å². The molecule has 3 aliphatic rings. The number of hydrogen-bond acceptors (Lipinski definition) is 6. The van der Waals surface area contributed by atoms with Crippen molar-refractivity contribution in [3.05, 3.63) is 24.3 Å². The van der Waals surface area contributed by atoms with Gasteiger partial charge in [-0.05, 0) is 71.7 Å². The molecule has 2 bridgehead atoms. The monoisotopic (exact) mass is 473 g/mol. The number of aliphatic hydroxyl groups is 1. The van der Waals surface area contributed by atoms with E-state index >= 15 is 0 Å². The number of anilines is 1. The van der Waals surface area contributed by atoms with Gasteiger partial charge >= 0.3 is 0 Å². The summed E-state index contributed by atoms with van der Waals surface area (Å²) in [6.45, 7) is 9.47. The molecule has 186 valence electrons. The van der Waals surface area contributed by atoms with Gasteiger partial charge in [-0.1, -0.05) is 0 Å². The summed E-state index contributed by atoms with van der Waals surface area (Å²) < 4.78 is 11.8. The van der Waals surface area contributed by atoms with Gasteiger partial charge in [-0.15, -0.1) is 0 Å². The molecular weight excluding hydrogens is 438 g/mol. The van der Waals surface area contributed by atoms with Crippen LogP contribution < -0.4 is 15.4 Å². The minimum atomic E-state index is -1.08. The summed E-state index contributed by atoms with van der Waals surface area (Å²) >= 11 is 0. The van der Waals surface area contributed by atoms with Gasteiger partial charge < -0.3 is 30.1 Å². The van der Waals surface area contributed by atoms with Gasteiger partial charge in [-0.2, -0.15) is 0 Å². The molecule has 3 heterocycles. The third-order valence-corrected chi connectivity index (χ3v) is 6.96. The lowest BCUT2D eigenvalue weighted by Crippen LogP contribution is -2.60. The molecule has 1 aromatic rings. The third-order valence-electron chi connectivity index (χ3n) is 6.96. The summed E-state index contributed by atoms with van der Waals surface area (Å²) in [7, 11) is 0. The molecule has 1 aromatic carbocycles. The van der Waals surface area contributed by atoms with Crippen molar-refractivity contribution >= 4 is 23.4 Å². The highest BCUT2D eigenvalue weighted by Gasteiger charge is 2.74. The maximum Gasteiger partial charge on any atom is 0.246 e. The number of carbonyl (C=O) groups is 3. The smallest absolute Gasteiger partial charge is 0.246 e. The number of ether oxygens (including phenoxy) is 2. The number of rotatable bonds is 7. The lowest BCUT2D eigenvalue weighted by atomic mass is 9.70. The van der Waals surface area contributed by atoms with Crippen LogP contribution in [0.5, 0.6) is 5.75 Å². The normalized spacial score (nSPS) is 30.8. The van der Waals surface area contributed by atoms with Gasteiger partial charge in [0.05, 0.1) is 37.2 Å². The topological polar surface area (TPSA) is 117 Å². The molecule has 34 heavy (non-hydrogen) atoms. The van der Waals surface area contributed by atoms with Crippen molar-refractivity contribution in [3.63, 3.8) is 0 Å². The molecule has 2 unspecified atom stereocenters. The molecule has 0 saturated carbocycles. The van der Waals surface area contributed by atoms with Crippen molar-refractivity contribution in [1.29, 1.82) is 0 Å². The standard InChI is InChI=1S/C25H35N3O6/c1-6-33-16-9-7-15(8-10-16)26-21(30)18-17-11-12-25(34-17)19(18)23(32)28(14(2)13-29)20(25)22(31)27-24(3,4)5/h7-10,14,17-20,29H,6,11-13H2,1-5H3,(H,26,30)(H,27,31)/t14-,17+,18-,19+,20?,25?/m1/s1. The minimum absolute atomic E-state index is 0.291. The van der Waals surface area contributed by atoms with E-state index in [1.165, 1.54) is 4.90 Å². The van der Waals surface area contributed by atoms with E-state index in [1.54, 1.807) is 31.2 Å². The maximum absolute atomic E-state index is 13.7. The quantitative estimate of drug-likeness (QED) is 0.555. The van der Waals surface area contributed by atoms with Crippen LogP contribution in [0.25, 0.3) is 0 Å². The Morgan fingerprint density at radius 1 is 1.26 bits per heavy atom. The van der Waals surface area contributed by atoms with Crippen LogP contribution in [0.1, 0.15) is 47.5 Å². The molecule has 0 aliphatic carbocycles. The second-order valence-electron chi connectivity index (χ2n) is 10.5. The Balaban J connectivity index is 1.63. The van der Waals surface area contributed by atoms with Gasteiger partial charge in [0.1, 0.15) is 17.4 Å². The van der Waals surface area contributed by atoms with Crippen molar-refractivity contribution in [3.8, 4) is 5.75 Å². The van der Waals surface area contributed by atoms with Crippen LogP contribution >= 0.6 is 0 Å². The van der Waals surface area contributed by atoms with Gasteiger partial charge in [0.25, 0.3) is 0 Å². The zero-order valence-electron chi connectivity index (χ0n) is 20.5. The molecule has 6 atom stereocenters. The van der Waals surface area contributed by atoms with Gasteiger partial charge in [-0.25, -0.2) is 0 Å². The third kappa shape index (κ3) is 4.05. The largest absolute Gasteiger partial charge is 0.494 e. The zero-order valence-corrected chi connectivity index (χ0v) is 20.5. The average Bonchev–Trinajstić information content (AvgIpc) is 3.40. The molecule has 3 amide bonds. The lowest BCUT2D eigenvalue weighted by Gasteiger charge is -2.37. The first-order chi connectivity index (χ1) is 16.0. The van der Waals surface area contributed by atoms with Gasteiger partial charge in [-0.3, -0.25) is 14.4 Å². The number of aliphatic hydroxyl groups excluding tert-OH is 1. The van der Waals surface area contributed by atoms with Crippen molar-refractivity contribution in [1.82, 2.24) is 10.2 Å². The van der Waals surface area contributed by atoms with Gasteiger partial charge in [0.15, 0.2) is 0 Å². The summed E-state index contributed by atoms with van der Waals surface area (Å²) in [6.07, 6.45) is 0.664. The summed E-state index contributed by atoms with van der Waals surface area (Å²) in [5, 5.41) is 15.7. The van der Waals surface area contributed by atoms with E-state index in [1.807, 2.05) is 27.7 Å². The molecular formula is C25H35N3O6. The van der Waals surface area contributed by atoms with E-state index in [-0.39, 0.29) is 24.3 Å². The number of fused-ring (bicyclic) bond motifs is 1. The highest BCUT2D eigenvalue weighted by atomic mass is 16.5. The Morgan fingerprint density at radius 2 is 1.94 bits per heavy atom. The first-order valence-electron chi connectivity index (χ1n) is 12.0. The van der Waals surface area contributed by atoms with E-state index in [4.69, 9.17) is 9.47 Å². The summed E-state index contributed by atoms with van der Waals surface area (Å²) in [5.41, 5.74) is -0.996. The van der Waals surface area contributed by atoms with Crippen LogP contribution in [0.2, 0.25) is 0 Å². The molecule has 3 N–H and O–H groups in total. The fraction of sp³-hybridized carbons (Fsp3) is 0.640. The summed E-state index contributed by atoms with van der Waals surface area (Å²) in [6, 6.07) is 5.57. The molecule has 3 saturated heterocycles. The Kier molecular flexibility index (Phi) is 6.37. The molecule has 9 nitrogen and oxygen atoms in total. The number of amides is 3. The Bertz CT molecular complexity index is 958. The first-order valence-corrected chi connectivity index (χ1v) is 12.0. The Hall–Kier alpha value is -2.65. The molecule has 3 fully saturated rings. The molecule has 1 spiro atoms. The van der Waals surface area contributed by atoms with E-state index in [9.17, 15) is 19.5 Å². The minimum Gasteiger partial charge on any atom is -0.494 e. The number of likely N-dealkylation sites (tertiary alicyclic amines) is 1. The maximum atomic E-state index is 13.7. The predicted molar refractivity (Wildman–Crippen MR) is 125 cm³/mol. The summed E-state index contributed by atoms with van der Waals surface area (Å²) in [4.78, 5) is 42.0. The highest BCUT2D eigenvalue weighted by molar-refractivity contribution is 6.02. The highest BCUT2D eigenvalue weighted by Crippen LogP contribution is 2.58. The molecule has 4 rings (SSSR count). The Labute approximate surface area is 200 Å².